The van der Waals surface area contributed by atoms with Gasteiger partial charge < -0.3 is 13.8 Å². The number of anilines is 6. The van der Waals surface area contributed by atoms with Gasteiger partial charge in [0, 0.05) is 54.4 Å². The number of thiophene rings is 1. The van der Waals surface area contributed by atoms with Crippen LogP contribution in [0.25, 0.3) is 77.7 Å². The Morgan fingerprint density at radius 1 is 0.395 bits per heavy atom. The molecule has 0 unspecified atom stereocenters. The highest BCUT2D eigenvalue weighted by Gasteiger charge is 2.48. The third kappa shape index (κ3) is 7.57. The Balaban J connectivity index is 1.10. The quantitative estimate of drug-likeness (QED) is 0.149. The van der Waals surface area contributed by atoms with Crippen molar-refractivity contribution in [3.8, 4) is 55.8 Å². The summed E-state index contributed by atoms with van der Waals surface area (Å²) in [6.07, 6.45) is 0. The van der Waals surface area contributed by atoms with E-state index in [0.29, 0.717) is 0 Å². The van der Waals surface area contributed by atoms with E-state index in [-0.39, 0.29) is 17.7 Å². The number of para-hydroxylation sites is 1. The Hall–Kier alpha value is -8.58. The minimum atomic E-state index is -0.164. The largest absolute Gasteiger partial charge is 0.456 e. The van der Waals surface area contributed by atoms with Crippen molar-refractivity contribution in [2.24, 2.45) is 0 Å². The third-order valence-corrected chi connectivity index (χ3v) is 17.3. The second-order valence-corrected chi connectivity index (χ2v) is 23.7. The van der Waals surface area contributed by atoms with Crippen LogP contribution < -0.4 is 20.0 Å². The van der Waals surface area contributed by atoms with Crippen molar-refractivity contribution in [3.63, 3.8) is 0 Å². The number of aromatic nitrogens is 1. The zero-order valence-electron chi connectivity index (χ0n) is 43.7. The minimum absolute atomic E-state index is 0.0185. The molecule has 6 heteroatoms. The zero-order chi connectivity index (χ0) is 51.5. The van der Waals surface area contributed by atoms with Gasteiger partial charge in [-0.1, -0.05) is 205 Å². The maximum absolute atomic E-state index is 6.43. The molecule has 12 aromatic rings. The van der Waals surface area contributed by atoms with E-state index >= 15 is 0 Å². The predicted octanol–water partition coefficient (Wildman–Crippen LogP) is 18.6. The molecule has 0 radical (unpaired) electrons. The zero-order valence-corrected chi connectivity index (χ0v) is 44.5. The molecule has 4 nitrogen and oxygen atoms in total. The van der Waals surface area contributed by atoms with Crippen LogP contribution in [0.5, 0.6) is 0 Å². The normalized spacial score (nSPS) is 13.1. The molecule has 366 valence electrons. The van der Waals surface area contributed by atoms with E-state index < -0.39 is 0 Å². The fourth-order valence-electron chi connectivity index (χ4n) is 11.7. The Kier molecular flexibility index (Phi) is 10.6. The molecule has 0 N–H and O–H groups in total. The maximum atomic E-state index is 6.43. The summed E-state index contributed by atoms with van der Waals surface area (Å²) in [5, 5.41) is 2.23. The summed E-state index contributed by atoms with van der Waals surface area (Å²) in [6, 6.07) is 85.3. The second-order valence-electron chi connectivity index (χ2n) is 22.6. The lowest BCUT2D eigenvalue weighted by molar-refractivity contribution is 0.590. The molecular weight excluding hydrogens is 942 g/mol. The van der Waals surface area contributed by atoms with Gasteiger partial charge in [0.25, 0.3) is 0 Å². The number of benzene rings is 9. The Morgan fingerprint density at radius 3 is 1.51 bits per heavy atom. The lowest BCUT2D eigenvalue weighted by Crippen LogP contribution is -2.57. The van der Waals surface area contributed by atoms with Crippen LogP contribution in [0.3, 0.4) is 0 Å². The Morgan fingerprint density at radius 2 is 0.908 bits per heavy atom. The molecule has 14 rings (SSSR count). The van der Waals surface area contributed by atoms with Crippen LogP contribution in [0.4, 0.5) is 34.3 Å². The number of hydrogen-bond donors (Lipinski definition) is 0. The summed E-state index contributed by atoms with van der Waals surface area (Å²) < 4.78 is 10.5. The lowest BCUT2D eigenvalue weighted by Gasteiger charge is -2.43. The first kappa shape index (κ1) is 46.0. The van der Waals surface area contributed by atoms with Gasteiger partial charge in [0.05, 0.1) is 5.69 Å². The van der Waals surface area contributed by atoms with E-state index in [4.69, 9.17) is 4.42 Å². The summed E-state index contributed by atoms with van der Waals surface area (Å²) in [6.45, 7) is 13.8. The summed E-state index contributed by atoms with van der Waals surface area (Å²) >= 11 is 1.97. The van der Waals surface area contributed by atoms with Crippen LogP contribution >= 0.6 is 11.3 Å². The maximum Gasteiger partial charge on any atom is 0.346 e. The molecule has 0 saturated carbocycles. The van der Waals surface area contributed by atoms with E-state index in [0.717, 1.165) is 61.6 Å². The topological polar surface area (TPSA) is 24.6 Å². The monoisotopic (exact) mass is 997 g/mol. The number of nitrogens with zero attached hydrogens (tertiary/aromatic N) is 3. The molecule has 9 aromatic carbocycles. The Labute approximate surface area is 449 Å². The molecule has 2 aliphatic heterocycles. The molecule has 0 saturated heterocycles. The molecule has 0 aliphatic carbocycles. The number of furan rings is 1. The average Bonchev–Trinajstić information content (AvgIpc) is 4.20. The van der Waals surface area contributed by atoms with Crippen molar-refractivity contribution >= 4 is 84.6 Å². The highest BCUT2D eigenvalue weighted by molar-refractivity contribution is 7.26. The molecule has 3 aromatic heterocycles. The fourth-order valence-corrected chi connectivity index (χ4v) is 13.0. The van der Waals surface area contributed by atoms with Crippen LogP contribution in [0.2, 0.25) is 0 Å². The molecule has 2 aliphatic rings. The van der Waals surface area contributed by atoms with Crippen molar-refractivity contribution in [1.29, 1.82) is 0 Å². The molecule has 0 atom stereocenters. The molecule has 0 amide bonds. The standard InChI is InChI=1S/C70H56BN3OS/c1-69(2,3)53-33-26-49(27-34-53)57-43-65-73(55-37-30-48(31-38-55)46-20-12-8-13-21-46)60-42-52(51-32-39-63-58(40-51)56-24-16-17-25-62(56)75-63)41-59-66(60)71(74(65)67(57)50-22-14-9-15-23-50)68-61(44-64(76-68)70(4,5)6)72(59)54-35-28-47(29-36-54)45-18-10-7-11-19-45/h7-44H,1-6H3. The fraction of sp³-hybridized carbons (Fsp3) is 0.114. The smallest absolute Gasteiger partial charge is 0.346 e. The first-order valence-electron chi connectivity index (χ1n) is 26.5. The van der Waals surface area contributed by atoms with E-state index in [1.54, 1.807) is 0 Å². The van der Waals surface area contributed by atoms with Crippen molar-refractivity contribution in [3.05, 3.63) is 241 Å². The first-order chi connectivity index (χ1) is 36.9. The van der Waals surface area contributed by atoms with Crippen molar-refractivity contribution in [2.75, 3.05) is 9.80 Å². The van der Waals surface area contributed by atoms with Crippen LogP contribution in [0.15, 0.2) is 235 Å². The van der Waals surface area contributed by atoms with E-state index in [2.05, 4.69) is 280 Å². The molecule has 5 heterocycles. The van der Waals surface area contributed by atoms with Crippen LogP contribution in [-0.4, -0.2) is 11.3 Å². The van der Waals surface area contributed by atoms with Crippen molar-refractivity contribution < 1.29 is 4.42 Å². The highest BCUT2D eigenvalue weighted by Crippen LogP contribution is 2.53. The summed E-state index contributed by atoms with van der Waals surface area (Å²) in [4.78, 5) is 6.47. The first-order valence-corrected chi connectivity index (χ1v) is 27.3. The summed E-state index contributed by atoms with van der Waals surface area (Å²) in [5.41, 5.74) is 21.8. The number of rotatable bonds is 7. The van der Waals surface area contributed by atoms with Crippen LogP contribution in [0.1, 0.15) is 52.0 Å². The van der Waals surface area contributed by atoms with Gasteiger partial charge in [0.15, 0.2) is 0 Å². The van der Waals surface area contributed by atoms with Crippen molar-refractivity contribution in [1.82, 2.24) is 4.48 Å². The van der Waals surface area contributed by atoms with Gasteiger partial charge in [0.1, 0.15) is 17.0 Å². The van der Waals surface area contributed by atoms with Gasteiger partial charge in [-0.15, -0.1) is 11.3 Å². The third-order valence-electron chi connectivity index (χ3n) is 15.6. The van der Waals surface area contributed by atoms with Gasteiger partial charge in [-0.25, -0.2) is 0 Å². The van der Waals surface area contributed by atoms with Crippen LogP contribution in [-0.2, 0) is 10.8 Å². The highest BCUT2D eigenvalue weighted by atomic mass is 32.1. The van der Waals surface area contributed by atoms with E-state index in [9.17, 15) is 0 Å². The van der Waals surface area contributed by atoms with Gasteiger partial charge in [-0.05, 0) is 133 Å². The molecule has 0 bridgehead atoms. The van der Waals surface area contributed by atoms with Gasteiger partial charge in [0.2, 0.25) is 0 Å². The van der Waals surface area contributed by atoms with Gasteiger partial charge >= 0.3 is 6.85 Å². The van der Waals surface area contributed by atoms with Crippen LogP contribution in [0, 0.1) is 0 Å². The summed E-state index contributed by atoms with van der Waals surface area (Å²) in [5.74, 6) is 1.12. The molecule has 0 spiro atoms. The van der Waals surface area contributed by atoms with Gasteiger partial charge in [-0.2, -0.15) is 0 Å². The Bertz CT molecular complexity index is 4160. The molecule has 76 heavy (non-hydrogen) atoms. The SMILES string of the molecule is CC(C)(C)c1ccc(-c2cc3n(c2-c2ccccc2)B2c4sc(C(C)(C)C)cc4N(c4ccc(-c5ccccc5)cc4)c4cc(-c5ccc6oc7ccccc7c6c5)cc(c42)N3c2ccc(-c3ccccc3)cc2)cc1. The lowest BCUT2D eigenvalue weighted by atomic mass is 9.49. The minimum Gasteiger partial charge on any atom is -0.456 e. The average molecular weight is 998 g/mol. The predicted molar refractivity (Wildman–Crippen MR) is 324 cm³/mol. The number of hydrogen-bond acceptors (Lipinski definition) is 4. The summed E-state index contributed by atoms with van der Waals surface area (Å²) in [7, 11) is 0. The molecular formula is C70H56BN3OS. The van der Waals surface area contributed by atoms with E-state index in [1.165, 1.54) is 71.0 Å². The van der Waals surface area contributed by atoms with E-state index in [1.807, 2.05) is 17.4 Å². The number of fused-ring (bicyclic) bond motifs is 7. The van der Waals surface area contributed by atoms with Crippen molar-refractivity contribution in [2.45, 2.75) is 52.4 Å². The molecule has 0 fully saturated rings. The van der Waals surface area contributed by atoms with Gasteiger partial charge in [-0.3, -0.25) is 4.90 Å². The second kappa shape index (κ2) is 17.5.